The average molecular weight is 538 g/mol. The highest BCUT2D eigenvalue weighted by molar-refractivity contribution is 9.10. The average Bonchev–Trinajstić information content (AvgIpc) is 3.06. The maximum atomic E-state index is 14.9. The first-order valence-electron chi connectivity index (χ1n) is 10.7. The van der Waals surface area contributed by atoms with Crippen LogP contribution in [0.4, 0.5) is 13.2 Å². The Morgan fingerprint density at radius 1 is 1.15 bits per heavy atom. The fraction of sp³-hybridized carbons (Fsp3) is 0.348. The molecule has 0 saturated carbocycles. The summed E-state index contributed by atoms with van der Waals surface area (Å²) in [6, 6.07) is 9.29. The second-order valence-corrected chi connectivity index (χ2v) is 9.22. The minimum Gasteiger partial charge on any atom is -0.419 e. The summed E-state index contributed by atoms with van der Waals surface area (Å²) in [7, 11) is 2.05. The highest BCUT2D eigenvalue weighted by Crippen LogP contribution is 2.28. The van der Waals surface area contributed by atoms with Crippen LogP contribution in [0.15, 0.2) is 45.7 Å². The molecule has 2 aromatic carbocycles. The lowest BCUT2D eigenvalue weighted by molar-refractivity contribution is 0.197. The summed E-state index contributed by atoms with van der Waals surface area (Å²) >= 11 is 3.47. The van der Waals surface area contributed by atoms with E-state index in [2.05, 4.69) is 25.6 Å². The van der Waals surface area contributed by atoms with Gasteiger partial charge in [0.05, 0.1) is 17.6 Å². The van der Waals surface area contributed by atoms with Crippen molar-refractivity contribution in [3.05, 3.63) is 68.3 Å². The van der Waals surface area contributed by atoms with E-state index in [1.165, 1.54) is 16.7 Å². The highest BCUT2D eigenvalue weighted by atomic mass is 79.9. The third-order valence-corrected chi connectivity index (χ3v) is 6.53. The molecule has 0 bridgehead atoms. The number of fused-ring (bicyclic) bond motifs is 1. The lowest BCUT2D eigenvalue weighted by atomic mass is 10.1. The fourth-order valence-electron chi connectivity index (χ4n) is 4.21. The number of alkyl halides is 2. The number of hydrogen-bond acceptors (Lipinski definition) is 5. The molecule has 0 radical (unpaired) electrons. The zero-order valence-electron chi connectivity index (χ0n) is 18.3. The van der Waals surface area contributed by atoms with Crippen molar-refractivity contribution in [3.63, 3.8) is 0 Å². The molecule has 180 valence electrons. The van der Waals surface area contributed by atoms with Gasteiger partial charge in [-0.15, -0.1) is 0 Å². The highest BCUT2D eigenvalue weighted by Gasteiger charge is 2.25. The SMILES string of the molecule is CN1CCC(n2c(=O)n(Cc3ccc(C(=N)OC(=N)C(F)F)cc3F)c3ccc(Br)cc32)CC1. The minimum absolute atomic E-state index is 0.0380. The molecule has 0 atom stereocenters. The van der Waals surface area contributed by atoms with Crippen molar-refractivity contribution in [1.82, 2.24) is 14.0 Å². The molecule has 4 rings (SSSR count). The van der Waals surface area contributed by atoms with Crippen LogP contribution in [-0.4, -0.2) is 52.4 Å². The Hall–Kier alpha value is -2.92. The molecule has 2 heterocycles. The molecular formula is C23H23BrF3N5O2. The van der Waals surface area contributed by atoms with E-state index < -0.39 is 24.0 Å². The standard InChI is InChI=1S/C23H23BrF3N5O2/c1-30-8-6-16(7-9-30)32-19-11-15(24)4-5-18(19)31(23(32)33)12-14-3-2-13(10-17(14)25)21(28)34-22(29)20(26)27/h2-5,10-11,16,20,28-29H,6-9,12H2,1H3. The predicted octanol–water partition coefficient (Wildman–Crippen LogP) is 4.60. The number of likely N-dealkylation sites (tertiary alicyclic amines) is 1. The maximum absolute atomic E-state index is 14.9. The minimum atomic E-state index is -3.17. The first kappa shape index (κ1) is 24.2. The number of rotatable bonds is 5. The number of nitrogens with one attached hydrogen (secondary N) is 2. The molecule has 1 aromatic heterocycles. The van der Waals surface area contributed by atoms with Gasteiger partial charge in [0.1, 0.15) is 5.82 Å². The van der Waals surface area contributed by atoms with Gasteiger partial charge in [0.2, 0.25) is 5.90 Å². The van der Waals surface area contributed by atoms with E-state index in [9.17, 15) is 18.0 Å². The molecular weight excluding hydrogens is 515 g/mol. The van der Waals surface area contributed by atoms with Crippen molar-refractivity contribution >= 4 is 38.8 Å². The quantitative estimate of drug-likeness (QED) is 0.368. The zero-order chi connectivity index (χ0) is 24.6. The molecule has 2 N–H and O–H groups in total. The Balaban J connectivity index is 1.67. The third kappa shape index (κ3) is 4.80. The zero-order valence-corrected chi connectivity index (χ0v) is 19.9. The molecule has 1 aliphatic heterocycles. The molecule has 0 unspecified atom stereocenters. The second-order valence-electron chi connectivity index (χ2n) is 8.31. The van der Waals surface area contributed by atoms with Crippen molar-refractivity contribution in [2.75, 3.05) is 20.1 Å². The Kier molecular flexibility index (Phi) is 6.94. The van der Waals surface area contributed by atoms with Crippen LogP contribution < -0.4 is 5.69 Å². The van der Waals surface area contributed by atoms with Crippen molar-refractivity contribution in [3.8, 4) is 0 Å². The summed E-state index contributed by atoms with van der Waals surface area (Å²) in [5.74, 6) is -2.84. The number of ether oxygens (including phenoxy) is 1. The largest absolute Gasteiger partial charge is 0.419 e. The van der Waals surface area contributed by atoms with E-state index in [-0.39, 0.29) is 29.4 Å². The molecule has 0 amide bonds. The summed E-state index contributed by atoms with van der Waals surface area (Å²) in [5.41, 5.74) is 1.33. The number of halogens is 4. The molecule has 7 nitrogen and oxygen atoms in total. The smallest absolute Gasteiger partial charge is 0.329 e. The van der Waals surface area contributed by atoms with Crippen molar-refractivity contribution in [2.45, 2.75) is 31.9 Å². The number of imidazole rings is 1. The van der Waals surface area contributed by atoms with E-state index in [1.54, 1.807) is 4.57 Å². The van der Waals surface area contributed by atoms with E-state index in [0.29, 0.717) is 5.52 Å². The van der Waals surface area contributed by atoms with Crippen molar-refractivity contribution < 1.29 is 17.9 Å². The molecule has 0 spiro atoms. The number of nitrogens with zero attached hydrogens (tertiary/aromatic N) is 3. The lowest BCUT2D eigenvalue weighted by Gasteiger charge is -2.29. The summed E-state index contributed by atoms with van der Waals surface area (Å²) in [6.45, 7) is 1.72. The summed E-state index contributed by atoms with van der Waals surface area (Å²) in [5, 5.41) is 14.7. The van der Waals surface area contributed by atoms with Crippen LogP contribution in [0.1, 0.15) is 30.0 Å². The second kappa shape index (κ2) is 9.75. The third-order valence-electron chi connectivity index (χ3n) is 6.03. The summed E-state index contributed by atoms with van der Waals surface area (Å²) in [4.78, 5) is 15.7. The maximum Gasteiger partial charge on any atom is 0.329 e. The molecule has 1 fully saturated rings. The van der Waals surface area contributed by atoms with Crippen LogP contribution in [0.3, 0.4) is 0 Å². The molecule has 34 heavy (non-hydrogen) atoms. The van der Waals surface area contributed by atoms with Gasteiger partial charge in [-0.2, -0.15) is 8.78 Å². The number of benzene rings is 2. The van der Waals surface area contributed by atoms with Crippen molar-refractivity contribution in [2.24, 2.45) is 0 Å². The van der Waals surface area contributed by atoms with Gasteiger partial charge in [0, 0.05) is 21.6 Å². The lowest BCUT2D eigenvalue weighted by Crippen LogP contribution is -2.36. The van der Waals surface area contributed by atoms with Crippen LogP contribution in [0.25, 0.3) is 11.0 Å². The first-order valence-corrected chi connectivity index (χ1v) is 11.5. The Bertz CT molecular complexity index is 1310. The summed E-state index contributed by atoms with van der Waals surface area (Å²) < 4.78 is 48.5. The predicted molar refractivity (Wildman–Crippen MR) is 127 cm³/mol. The monoisotopic (exact) mass is 537 g/mol. The fourth-order valence-corrected chi connectivity index (χ4v) is 4.56. The van der Waals surface area contributed by atoms with Crippen LogP contribution in [0.5, 0.6) is 0 Å². The van der Waals surface area contributed by atoms with E-state index in [1.807, 2.05) is 25.2 Å². The molecule has 0 aliphatic carbocycles. The van der Waals surface area contributed by atoms with E-state index in [0.717, 1.165) is 42.0 Å². The summed E-state index contributed by atoms with van der Waals surface area (Å²) in [6.07, 6.45) is -1.50. The molecule has 3 aromatic rings. The van der Waals surface area contributed by atoms with E-state index >= 15 is 0 Å². The Morgan fingerprint density at radius 2 is 1.85 bits per heavy atom. The van der Waals surface area contributed by atoms with Crippen LogP contribution in [0, 0.1) is 16.6 Å². The van der Waals surface area contributed by atoms with Crippen molar-refractivity contribution in [1.29, 1.82) is 10.8 Å². The van der Waals surface area contributed by atoms with Crippen LogP contribution in [-0.2, 0) is 11.3 Å². The number of aromatic nitrogens is 2. The number of piperidine rings is 1. The Morgan fingerprint density at radius 3 is 2.50 bits per heavy atom. The molecule has 1 saturated heterocycles. The molecule has 11 heteroatoms. The van der Waals surface area contributed by atoms with E-state index in [4.69, 9.17) is 10.8 Å². The van der Waals surface area contributed by atoms with Gasteiger partial charge in [-0.05, 0) is 63.3 Å². The van der Waals surface area contributed by atoms with Crippen LogP contribution >= 0.6 is 15.9 Å². The topological polar surface area (TPSA) is 87.1 Å². The van der Waals surface area contributed by atoms with Gasteiger partial charge < -0.3 is 9.64 Å². The van der Waals surface area contributed by atoms with Gasteiger partial charge >= 0.3 is 12.1 Å². The Labute approximate surface area is 201 Å². The van der Waals surface area contributed by atoms with Gasteiger partial charge in [-0.25, -0.2) is 9.18 Å². The van der Waals surface area contributed by atoms with Gasteiger partial charge in [0.25, 0.3) is 5.90 Å². The molecule has 1 aliphatic rings. The van der Waals surface area contributed by atoms with Gasteiger partial charge in [-0.1, -0.05) is 22.0 Å². The first-order chi connectivity index (χ1) is 16.2. The van der Waals surface area contributed by atoms with Gasteiger partial charge in [-0.3, -0.25) is 20.0 Å². The van der Waals surface area contributed by atoms with Gasteiger partial charge in [0.15, 0.2) is 0 Å². The van der Waals surface area contributed by atoms with Crippen LogP contribution in [0.2, 0.25) is 0 Å². The number of hydrogen-bond donors (Lipinski definition) is 2. The normalized spacial score (nSPS) is 15.2.